The number of aryl methyl sites for hydroxylation is 1. The molecule has 5 heteroatoms. The average molecular weight is 220 g/mol. The fourth-order valence-corrected chi connectivity index (χ4v) is 1.65. The molecule has 84 valence electrons. The van der Waals surface area contributed by atoms with Gasteiger partial charge in [-0.1, -0.05) is 12.1 Å². The molecule has 0 atom stereocenters. The van der Waals surface area contributed by atoms with Crippen LogP contribution in [0.4, 0.5) is 0 Å². The van der Waals surface area contributed by atoms with Crippen LogP contribution in [0.3, 0.4) is 0 Å². The number of H-pyrrole nitrogens is 1. The normalized spacial score (nSPS) is 10.8. The predicted molar refractivity (Wildman–Crippen MR) is 59.4 cm³/mol. The molecule has 1 aromatic heterocycles. The van der Waals surface area contributed by atoms with Crippen LogP contribution in [0, 0.1) is 0 Å². The van der Waals surface area contributed by atoms with Crippen LogP contribution >= 0.6 is 0 Å². The van der Waals surface area contributed by atoms with Gasteiger partial charge < -0.3 is 5.11 Å². The molecule has 0 unspecified atom stereocenters. The topological polar surface area (TPSA) is 75.1 Å². The highest BCUT2D eigenvalue weighted by atomic mass is 16.4. The molecule has 0 saturated heterocycles. The summed E-state index contributed by atoms with van der Waals surface area (Å²) in [5, 5.41) is 12.1. The van der Waals surface area contributed by atoms with Gasteiger partial charge >= 0.3 is 5.97 Å². The van der Waals surface area contributed by atoms with Crippen molar-refractivity contribution < 1.29 is 9.90 Å². The van der Waals surface area contributed by atoms with Crippen molar-refractivity contribution in [2.24, 2.45) is 0 Å². The molecule has 0 bridgehead atoms. The minimum absolute atomic E-state index is 0.0712. The molecule has 0 aliphatic rings. The first-order chi connectivity index (χ1) is 7.68. The number of aromatic amines is 1. The van der Waals surface area contributed by atoms with Crippen molar-refractivity contribution in [3.63, 3.8) is 0 Å². The Morgan fingerprint density at radius 2 is 2.12 bits per heavy atom. The largest absolute Gasteiger partial charge is 0.481 e. The first-order valence-corrected chi connectivity index (χ1v) is 5.08. The summed E-state index contributed by atoms with van der Waals surface area (Å²) in [4.78, 5) is 22.1. The number of fused-ring (bicyclic) bond motifs is 1. The number of nitrogens with one attached hydrogen (secondary N) is 1. The first kappa shape index (κ1) is 10.5. The molecule has 0 fully saturated rings. The Hall–Kier alpha value is -2.04. The van der Waals surface area contributed by atoms with Gasteiger partial charge in [0.25, 0.3) is 5.56 Å². The van der Waals surface area contributed by atoms with Crippen molar-refractivity contribution >= 4 is 16.9 Å². The zero-order valence-corrected chi connectivity index (χ0v) is 8.64. The van der Waals surface area contributed by atoms with Crippen LogP contribution in [0.15, 0.2) is 29.1 Å². The Morgan fingerprint density at radius 3 is 2.81 bits per heavy atom. The summed E-state index contributed by atoms with van der Waals surface area (Å²) in [5.74, 6) is -0.843. The maximum atomic E-state index is 11.8. The molecule has 5 nitrogen and oxygen atoms in total. The molecule has 0 aliphatic carbocycles. The smallest absolute Gasteiger partial charge is 0.303 e. The molecule has 2 N–H and O–H groups in total. The minimum Gasteiger partial charge on any atom is -0.481 e. The Morgan fingerprint density at radius 1 is 1.38 bits per heavy atom. The summed E-state index contributed by atoms with van der Waals surface area (Å²) >= 11 is 0. The lowest BCUT2D eigenvalue weighted by Gasteiger charge is -1.98. The third kappa shape index (κ3) is 1.98. The number of aliphatic carboxylic acids is 1. The van der Waals surface area contributed by atoms with Crippen molar-refractivity contribution in [3.8, 4) is 0 Å². The van der Waals surface area contributed by atoms with E-state index in [9.17, 15) is 9.59 Å². The lowest BCUT2D eigenvalue weighted by atomic mass is 10.2. The third-order valence-electron chi connectivity index (χ3n) is 2.43. The second-order valence-electron chi connectivity index (χ2n) is 3.61. The fourth-order valence-electron chi connectivity index (χ4n) is 1.65. The summed E-state index contributed by atoms with van der Waals surface area (Å²) in [6, 6.07) is 7.23. The van der Waals surface area contributed by atoms with Gasteiger partial charge in [-0.15, -0.1) is 0 Å². The molecule has 2 aromatic rings. The number of carboxylic acids is 1. The first-order valence-electron chi connectivity index (χ1n) is 5.08. The Kier molecular flexibility index (Phi) is 2.76. The van der Waals surface area contributed by atoms with Crippen LogP contribution < -0.4 is 5.56 Å². The highest BCUT2D eigenvalue weighted by Gasteiger charge is 2.05. The van der Waals surface area contributed by atoms with Crippen LogP contribution in [0.1, 0.15) is 12.8 Å². The highest BCUT2D eigenvalue weighted by molar-refractivity contribution is 5.77. The number of hydrogen-bond acceptors (Lipinski definition) is 2. The van der Waals surface area contributed by atoms with Gasteiger partial charge in [0, 0.05) is 13.0 Å². The molecular formula is C11H12N2O3. The molecule has 2 rings (SSSR count). The summed E-state index contributed by atoms with van der Waals surface area (Å²) < 4.78 is 1.45. The van der Waals surface area contributed by atoms with Gasteiger partial charge in [-0.05, 0) is 18.6 Å². The van der Waals surface area contributed by atoms with Gasteiger partial charge in [0.15, 0.2) is 0 Å². The van der Waals surface area contributed by atoms with Crippen molar-refractivity contribution in [2.75, 3.05) is 0 Å². The van der Waals surface area contributed by atoms with E-state index in [0.717, 1.165) is 5.52 Å². The Bertz CT molecular complexity index is 568. The van der Waals surface area contributed by atoms with E-state index < -0.39 is 5.97 Å². The van der Waals surface area contributed by atoms with Crippen LogP contribution in [0.25, 0.3) is 10.9 Å². The molecule has 0 aliphatic heterocycles. The molecule has 1 heterocycles. The van der Waals surface area contributed by atoms with Crippen molar-refractivity contribution in [1.29, 1.82) is 0 Å². The van der Waals surface area contributed by atoms with E-state index in [1.165, 1.54) is 4.68 Å². The fraction of sp³-hybridized carbons (Fsp3) is 0.273. The molecular weight excluding hydrogens is 208 g/mol. The second-order valence-corrected chi connectivity index (χ2v) is 3.61. The Labute approximate surface area is 91.3 Å². The number of nitrogens with zero attached hydrogens (tertiary/aromatic N) is 1. The van der Waals surface area contributed by atoms with Gasteiger partial charge in [0.05, 0.1) is 10.9 Å². The summed E-state index contributed by atoms with van der Waals surface area (Å²) in [7, 11) is 0. The molecule has 0 spiro atoms. The van der Waals surface area contributed by atoms with Gasteiger partial charge in [0.2, 0.25) is 0 Å². The highest BCUT2D eigenvalue weighted by Crippen LogP contribution is 2.06. The number of rotatable bonds is 4. The van der Waals surface area contributed by atoms with Gasteiger partial charge in [-0.2, -0.15) is 0 Å². The van der Waals surface area contributed by atoms with Crippen LogP contribution in [-0.4, -0.2) is 20.9 Å². The third-order valence-corrected chi connectivity index (χ3v) is 2.43. The van der Waals surface area contributed by atoms with Crippen molar-refractivity contribution in [1.82, 2.24) is 9.78 Å². The maximum Gasteiger partial charge on any atom is 0.303 e. The van der Waals surface area contributed by atoms with E-state index in [1.54, 1.807) is 12.1 Å². The summed E-state index contributed by atoms with van der Waals surface area (Å²) in [6.45, 7) is 0.403. The monoisotopic (exact) mass is 220 g/mol. The van der Waals surface area contributed by atoms with E-state index >= 15 is 0 Å². The van der Waals surface area contributed by atoms with Crippen LogP contribution in [-0.2, 0) is 11.3 Å². The van der Waals surface area contributed by atoms with Gasteiger partial charge in [-0.3, -0.25) is 19.4 Å². The number of benzene rings is 1. The van der Waals surface area contributed by atoms with Crippen molar-refractivity contribution in [3.05, 3.63) is 34.6 Å². The molecule has 0 radical (unpaired) electrons. The van der Waals surface area contributed by atoms with Crippen LogP contribution in [0.5, 0.6) is 0 Å². The summed E-state index contributed by atoms with van der Waals surface area (Å²) in [5.41, 5.74) is 0.684. The van der Waals surface area contributed by atoms with E-state index in [-0.39, 0.29) is 12.0 Å². The van der Waals surface area contributed by atoms with E-state index in [0.29, 0.717) is 18.4 Å². The number of aromatic nitrogens is 2. The number of carbonyl (C=O) groups is 1. The van der Waals surface area contributed by atoms with E-state index in [4.69, 9.17) is 5.11 Å². The molecule has 0 amide bonds. The zero-order valence-electron chi connectivity index (χ0n) is 8.64. The molecule has 1 aromatic carbocycles. The quantitative estimate of drug-likeness (QED) is 0.812. The average Bonchev–Trinajstić information content (AvgIpc) is 2.56. The van der Waals surface area contributed by atoms with Gasteiger partial charge in [0.1, 0.15) is 0 Å². The number of carboxylic acid groups (broad SMARTS) is 1. The lowest BCUT2D eigenvalue weighted by Crippen LogP contribution is -2.17. The van der Waals surface area contributed by atoms with E-state index in [1.807, 2.05) is 12.1 Å². The SMILES string of the molecule is O=C(O)CCCn1[nH]c2ccccc2c1=O. The van der Waals surface area contributed by atoms with E-state index in [2.05, 4.69) is 5.10 Å². The molecule has 0 saturated carbocycles. The van der Waals surface area contributed by atoms with Crippen molar-refractivity contribution in [2.45, 2.75) is 19.4 Å². The number of hydrogen-bond donors (Lipinski definition) is 2. The van der Waals surface area contributed by atoms with Gasteiger partial charge in [-0.25, -0.2) is 0 Å². The minimum atomic E-state index is -0.843. The molecule has 16 heavy (non-hydrogen) atoms. The Balaban J connectivity index is 2.22. The maximum absolute atomic E-state index is 11.8. The lowest BCUT2D eigenvalue weighted by molar-refractivity contribution is -0.137. The standard InChI is InChI=1S/C11H12N2O3/c14-10(15)6-3-7-13-11(16)8-4-1-2-5-9(8)12-13/h1-2,4-5,12H,3,6-7H2,(H,14,15). The van der Waals surface area contributed by atoms with Crippen LogP contribution in [0.2, 0.25) is 0 Å². The second kappa shape index (κ2) is 4.22. The predicted octanol–water partition coefficient (Wildman–Crippen LogP) is 1.19. The number of para-hydroxylation sites is 1. The summed E-state index contributed by atoms with van der Waals surface area (Å²) in [6.07, 6.45) is 0.518. The zero-order chi connectivity index (χ0) is 11.5.